The maximum absolute atomic E-state index is 12.5. The lowest BCUT2D eigenvalue weighted by atomic mass is 10.1. The molecule has 2 rings (SSSR count). The largest absolute Gasteiger partial charge is 0.393 e. The Morgan fingerprint density at radius 1 is 1.53 bits per heavy atom. The predicted octanol–water partition coefficient (Wildman–Crippen LogP) is 1.80. The van der Waals surface area contributed by atoms with Crippen LogP contribution in [0, 0.1) is 5.41 Å². The van der Waals surface area contributed by atoms with Crippen molar-refractivity contribution in [2.24, 2.45) is 11.1 Å². The van der Waals surface area contributed by atoms with Crippen LogP contribution in [0.4, 0.5) is 0 Å². The third kappa shape index (κ3) is 2.50. The number of halogens is 1. The number of ether oxygens (including phenoxy) is 1. The van der Waals surface area contributed by atoms with Crippen molar-refractivity contribution in [1.29, 1.82) is 0 Å². The van der Waals surface area contributed by atoms with Gasteiger partial charge < -0.3 is 10.5 Å². The molecule has 0 heterocycles. The van der Waals surface area contributed by atoms with E-state index in [0.29, 0.717) is 11.4 Å². The number of benzene rings is 1. The van der Waals surface area contributed by atoms with Crippen LogP contribution in [0.1, 0.15) is 6.42 Å². The van der Waals surface area contributed by atoms with Crippen LogP contribution < -0.4 is 5.73 Å². The first kappa shape index (κ1) is 14.7. The van der Waals surface area contributed by atoms with Crippen molar-refractivity contribution in [2.45, 2.75) is 16.6 Å². The van der Waals surface area contributed by atoms with Crippen molar-refractivity contribution >= 4 is 38.6 Å². The molecule has 104 valence electrons. The minimum atomic E-state index is -3.46. The molecule has 2 N–H and O–H groups in total. The van der Waals surface area contributed by atoms with Crippen molar-refractivity contribution in [3.8, 4) is 0 Å². The first-order valence-electron chi connectivity index (χ1n) is 5.63. The molecule has 2 unspecified atom stereocenters. The molecule has 1 saturated carbocycles. The monoisotopic (exact) mass is 319 g/mol. The molecule has 1 aromatic rings. The van der Waals surface area contributed by atoms with Crippen molar-refractivity contribution in [1.82, 2.24) is 0 Å². The Morgan fingerprint density at radius 2 is 2.11 bits per heavy atom. The molecule has 2 atom stereocenters. The van der Waals surface area contributed by atoms with E-state index in [1.807, 2.05) is 0 Å². The fraction of sp³-hybridized carbons (Fsp3) is 0.417. The van der Waals surface area contributed by atoms with E-state index in [1.54, 1.807) is 12.1 Å². The fourth-order valence-electron chi connectivity index (χ4n) is 2.21. The number of nitrogens with two attached hydrogens (primary N) is 1. The number of hydrogen-bond acceptors (Lipinski definition) is 4. The van der Waals surface area contributed by atoms with Crippen LogP contribution in [0.2, 0.25) is 5.02 Å². The molecule has 19 heavy (non-hydrogen) atoms. The zero-order valence-electron chi connectivity index (χ0n) is 10.3. The number of methoxy groups -OCH3 is 1. The second kappa shape index (κ2) is 5.01. The van der Waals surface area contributed by atoms with Gasteiger partial charge in [0.1, 0.15) is 0 Å². The fourth-order valence-corrected chi connectivity index (χ4v) is 4.84. The quantitative estimate of drug-likeness (QED) is 0.838. The third-order valence-corrected chi connectivity index (χ3v) is 6.37. The summed E-state index contributed by atoms with van der Waals surface area (Å²) in [6.07, 6.45) is 0.404. The van der Waals surface area contributed by atoms with Gasteiger partial charge in [0.15, 0.2) is 9.84 Å². The zero-order chi connectivity index (χ0) is 14.3. The van der Waals surface area contributed by atoms with E-state index in [2.05, 4.69) is 0 Å². The van der Waals surface area contributed by atoms with Gasteiger partial charge in [-0.25, -0.2) is 8.42 Å². The molecule has 1 fully saturated rings. The highest BCUT2D eigenvalue weighted by Crippen LogP contribution is 2.53. The van der Waals surface area contributed by atoms with Gasteiger partial charge in [-0.2, -0.15) is 0 Å². The average molecular weight is 320 g/mol. The molecule has 4 nitrogen and oxygen atoms in total. The highest BCUT2D eigenvalue weighted by molar-refractivity contribution is 7.92. The second-order valence-corrected chi connectivity index (χ2v) is 7.65. The van der Waals surface area contributed by atoms with Crippen LogP contribution in [0.3, 0.4) is 0 Å². The summed E-state index contributed by atoms with van der Waals surface area (Å²) in [6.45, 7) is 0.222. The Hall–Kier alpha value is -0.690. The van der Waals surface area contributed by atoms with Crippen LogP contribution in [-0.2, 0) is 14.6 Å². The first-order valence-corrected chi connectivity index (χ1v) is 7.96. The Balaban J connectivity index is 2.33. The number of hydrogen-bond donors (Lipinski definition) is 1. The summed E-state index contributed by atoms with van der Waals surface area (Å²) in [5.41, 5.74) is 4.94. The van der Waals surface area contributed by atoms with Gasteiger partial charge in [0.25, 0.3) is 0 Å². The molecule has 1 aromatic carbocycles. The van der Waals surface area contributed by atoms with Gasteiger partial charge in [-0.3, -0.25) is 0 Å². The molecule has 0 aliphatic heterocycles. The van der Waals surface area contributed by atoms with Gasteiger partial charge in [0.05, 0.1) is 27.2 Å². The number of sulfone groups is 1. The summed E-state index contributed by atoms with van der Waals surface area (Å²) in [6, 6.07) is 6.09. The van der Waals surface area contributed by atoms with Crippen molar-refractivity contribution < 1.29 is 13.2 Å². The smallest absolute Gasteiger partial charge is 0.182 e. The van der Waals surface area contributed by atoms with Gasteiger partial charge in [-0.05, 0) is 30.7 Å². The minimum absolute atomic E-state index is 0.192. The molecule has 1 aliphatic rings. The summed E-state index contributed by atoms with van der Waals surface area (Å²) in [5, 5.41) is -0.120. The summed E-state index contributed by atoms with van der Waals surface area (Å²) < 4.78 is 30.0. The normalized spacial score (nSPS) is 26.1. The zero-order valence-corrected chi connectivity index (χ0v) is 12.7. The lowest BCUT2D eigenvalue weighted by Crippen LogP contribution is -2.32. The Morgan fingerprint density at radius 3 is 2.58 bits per heavy atom. The van der Waals surface area contributed by atoms with Crippen LogP contribution >= 0.6 is 23.8 Å². The first-order chi connectivity index (χ1) is 8.84. The SMILES string of the molecule is COCC1(C(N)=S)CC1S(=O)(=O)c1ccc(Cl)cc1. The van der Waals surface area contributed by atoms with E-state index in [-0.39, 0.29) is 16.5 Å². The molecule has 7 heteroatoms. The van der Waals surface area contributed by atoms with E-state index >= 15 is 0 Å². The number of thiocarbonyl (C=S) groups is 1. The summed E-state index contributed by atoms with van der Waals surface area (Å²) in [7, 11) is -1.96. The molecular formula is C12H14ClNO3S2. The minimum Gasteiger partial charge on any atom is -0.393 e. The molecule has 0 aromatic heterocycles. The number of rotatable bonds is 5. The van der Waals surface area contributed by atoms with E-state index in [4.69, 9.17) is 34.3 Å². The van der Waals surface area contributed by atoms with E-state index < -0.39 is 20.5 Å². The second-order valence-electron chi connectivity index (χ2n) is 4.65. The molecular weight excluding hydrogens is 306 g/mol. The molecule has 0 radical (unpaired) electrons. The molecule has 0 bridgehead atoms. The summed E-state index contributed by atoms with van der Waals surface area (Å²) >= 11 is 10.7. The van der Waals surface area contributed by atoms with E-state index in [9.17, 15) is 8.42 Å². The molecule has 0 amide bonds. The molecule has 0 spiro atoms. The topological polar surface area (TPSA) is 69.4 Å². The summed E-state index contributed by atoms with van der Waals surface area (Å²) in [5.74, 6) is 0. The van der Waals surface area contributed by atoms with Crippen molar-refractivity contribution in [3.63, 3.8) is 0 Å². The summed E-state index contributed by atoms with van der Waals surface area (Å²) in [4.78, 5) is 0.424. The maximum atomic E-state index is 12.5. The molecule has 1 aliphatic carbocycles. The van der Waals surface area contributed by atoms with E-state index in [1.165, 1.54) is 19.2 Å². The van der Waals surface area contributed by atoms with Crippen LogP contribution in [-0.4, -0.2) is 32.4 Å². The average Bonchev–Trinajstić information content (AvgIpc) is 3.07. The van der Waals surface area contributed by atoms with Crippen LogP contribution in [0.15, 0.2) is 29.2 Å². The predicted molar refractivity (Wildman–Crippen MR) is 78.1 cm³/mol. The van der Waals surface area contributed by atoms with Gasteiger partial charge in [-0.1, -0.05) is 23.8 Å². The highest BCUT2D eigenvalue weighted by atomic mass is 35.5. The van der Waals surface area contributed by atoms with Crippen molar-refractivity contribution in [3.05, 3.63) is 29.3 Å². The van der Waals surface area contributed by atoms with Gasteiger partial charge >= 0.3 is 0 Å². The van der Waals surface area contributed by atoms with Gasteiger partial charge in [0, 0.05) is 12.1 Å². The van der Waals surface area contributed by atoms with Gasteiger partial charge in [0.2, 0.25) is 0 Å². The van der Waals surface area contributed by atoms with Crippen LogP contribution in [0.25, 0.3) is 0 Å². The van der Waals surface area contributed by atoms with Gasteiger partial charge in [-0.15, -0.1) is 0 Å². The van der Waals surface area contributed by atoms with Crippen LogP contribution in [0.5, 0.6) is 0 Å². The standard InChI is InChI=1S/C12H14ClNO3S2/c1-17-7-12(11(14)18)6-10(12)19(15,16)9-4-2-8(13)3-5-9/h2-5,10H,6-7H2,1H3,(H2,14,18). The Labute approximate surface area is 122 Å². The lowest BCUT2D eigenvalue weighted by molar-refractivity contribution is 0.169. The third-order valence-electron chi connectivity index (χ3n) is 3.42. The highest BCUT2D eigenvalue weighted by Gasteiger charge is 2.63. The Kier molecular flexibility index (Phi) is 3.88. The van der Waals surface area contributed by atoms with E-state index in [0.717, 1.165) is 0 Å². The maximum Gasteiger partial charge on any atom is 0.182 e. The lowest BCUT2D eigenvalue weighted by Gasteiger charge is -2.14. The Bertz CT molecular complexity index is 600. The molecule has 0 saturated heterocycles. The van der Waals surface area contributed by atoms with Crippen molar-refractivity contribution in [2.75, 3.05) is 13.7 Å².